The van der Waals surface area contributed by atoms with Gasteiger partial charge in [-0.1, -0.05) is 0 Å². The zero-order valence-corrected chi connectivity index (χ0v) is 15.1. The van der Waals surface area contributed by atoms with Crippen LogP contribution in [-0.4, -0.2) is 53.5 Å². The quantitative estimate of drug-likeness (QED) is 0.411. The Kier molecular flexibility index (Phi) is 5.91. The van der Waals surface area contributed by atoms with Crippen LogP contribution in [0.5, 0.6) is 17.2 Å². The molecule has 9 heteroatoms. The third-order valence-electron chi connectivity index (χ3n) is 4.15. The number of carbonyl (C=O) groups excluding carboxylic acids is 3. The minimum absolute atomic E-state index is 0.212. The number of cyclic esters (lactones) is 1. The molecule has 1 fully saturated rings. The molecule has 1 aromatic carbocycles. The maximum atomic E-state index is 12.3. The van der Waals surface area contributed by atoms with Crippen molar-refractivity contribution in [2.24, 2.45) is 11.8 Å². The number of esters is 3. The Hall–Kier alpha value is -2.97. The van der Waals surface area contributed by atoms with Crippen molar-refractivity contribution < 1.29 is 42.8 Å². The van der Waals surface area contributed by atoms with Crippen LogP contribution in [0.4, 0.5) is 0 Å². The van der Waals surface area contributed by atoms with Crippen molar-refractivity contribution >= 4 is 17.9 Å². The van der Waals surface area contributed by atoms with Gasteiger partial charge in [-0.05, 0) is 12.1 Å². The van der Waals surface area contributed by atoms with Crippen LogP contribution in [-0.2, 0) is 28.6 Å². The lowest BCUT2D eigenvalue weighted by Gasteiger charge is -2.22. The van der Waals surface area contributed by atoms with Gasteiger partial charge in [0.05, 0.1) is 35.5 Å². The van der Waals surface area contributed by atoms with Crippen molar-refractivity contribution in [1.29, 1.82) is 0 Å². The summed E-state index contributed by atoms with van der Waals surface area (Å²) in [7, 11) is 6.54. The summed E-state index contributed by atoms with van der Waals surface area (Å²) in [6, 6.07) is 3.14. The van der Waals surface area contributed by atoms with Crippen LogP contribution in [0.3, 0.4) is 0 Å². The summed E-state index contributed by atoms with van der Waals surface area (Å²) in [6.45, 7) is 0. The van der Waals surface area contributed by atoms with Crippen molar-refractivity contribution in [3.05, 3.63) is 17.7 Å². The van der Waals surface area contributed by atoms with E-state index in [1.807, 2.05) is 0 Å². The first-order valence-electron chi connectivity index (χ1n) is 7.60. The van der Waals surface area contributed by atoms with E-state index in [9.17, 15) is 14.4 Å². The first-order valence-corrected chi connectivity index (χ1v) is 7.60. The fourth-order valence-corrected chi connectivity index (χ4v) is 2.96. The van der Waals surface area contributed by atoms with Crippen molar-refractivity contribution in [3.63, 3.8) is 0 Å². The van der Waals surface area contributed by atoms with Crippen LogP contribution < -0.4 is 14.2 Å². The monoisotopic (exact) mass is 368 g/mol. The lowest BCUT2D eigenvalue weighted by atomic mass is 9.86. The molecule has 0 amide bonds. The second kappa shape index (κ2) is 7.94. The van der Waals surface area contributed by atoms with Gasteiger partial charge in [-0.3, -0.25) is 14.4 Å². The molecule has 26 heavy (non-hydrogen) atoms. The maximum absolute atomic E-state index is 12.3. The van der Waals surface area contributed by atoms with Gasteiger partial charge in [0.2, 0.25) is 5.75 Å². The van der Waals surface area contributed by atoms with Crippen molar-refractivity contribution in [3.8, 4) is 17.2 Å². The smallest absolute Gasteiger partial charge is 0.322 e. The van der Waals surface area contributed by atoms with Gasteiger partial charge in [-0.15, -0.1) is 0 Å². The summed E-state index contributed by atoms with van der Waals surface area (Å²) in [5, 5.41) is 0. The summed E-state index contributed by atoms with van der Waals surface area (Å²) >= 11 is 0. The van der Waals surface area contributed by atoms with Gasteiger partial charge >= 0.3 is 17.9 Å². The predicted molar refractivity (Wildman–Crippen MR) is 85.9 cm³/mol. The van der Waals surface area contributed by atoms with Crippen molar-refractivity contribution in [2.75, 3.05) is 35.5 Å². The topological polar surface area (TPSA) is 107 Å². The molecule has 0 unspecified atom stereocenters. The van der Waals surface area contributed by atoms with E-state index in [2.05, 4.69) is 4.74 Å². The van der Waals surface area contributed by atoms with Gasteiger partial charge in [0.25, 0.3) is 0 Å². The molecule has 1 aliphatic heterocycles. The normalized spacial score (nSPS) is 21.6. The molecule has 9 nitrogen and oxygen atoms in total. The first-order chi connectivity index (χ1) is 12.4. The fourth-order valence-electron chi connectivity index (χ4n) is 2.96. The van der Waals surface area contributed by atoms with Gasteiger partial charge in [0, 0.05) is 5.56 Å². The summed E-state index contributed by atoms with van der Waals surface area (Å²) in [4.78, 5) is 36.5. The highest BCUT2D eigenvalue weighted by Crippen LogP contribution is 2.49. The van der Waals surface area contributed by atoms with E-state index >= 15 is 0 Å². The van der Waals surface area contributed by atoms with E-state index in [1.165, 1.54) is 21.3 Å². The molecule has 3 atom stereocenters. The Balaban J connectivity index is 2.60. The summed E-state index contributed by atoms with van der Waals surface area (Å²) in [5.41, 5.74) is 0.334. The molecule has 2 rings (SSSR count). The molecule has 1 aliphatic rings. The molecule has 0 radical (unpaired) electrons. The summed E-state index contributed by atoms with van der Waals surface area (Å²) in [5.74, 6) is -4.36. The number of hydrogen-bond acceptors (Lipinski definition) is 9. The van der Waals surface area contributed by atoms with Crippen LogP contribution >= 0.6 is 0 Å². The number of hydrogen-bond donors (Lipinski definition) is 0. The van der Waals surface area contributed by atoms with Gasteiger partial charge < -0.3 is 28.4 Å². The van der Waals surface area contributed by atoms with Crippen molar-refractivity contribution in [1.82, 2.24) is 0 Å². The SMILES string of the molecule is COC(=O)[C@H]1C(=O)O[C@@H](c2ccc(OC)c(OC)c2OC)[C@@H]1C(=O)OC. The van der Waals surface area contributed by atoms with Crippen LogP contribution in [0, 0.1) is 11.8 Å². The molecule has 0 aromatic heterocycles. The van der Waals surface area contributed by atoms with Crippen molar-refractivity contribution in [2.45, 2.75) is 6.10 Å². The van der Waals surface area contributed by atoms with Gasteiger partial charge in [-0.25, -0.2) is 0 Å². The number of methoxy groups -OCH3 is 5. The second-order valence-corrected chi connectivity index (χ2v) is 5.33. The highest BCUT2D eigenvalue weighted by Gasteiger charge is 2.55. The van der Waals surface area contributed by atoms with E-state index in [4.69, 9.17) is 23.7 Å². The molecule has 0 bridgehead atoms. The van der Waals surface area contributed by atoms with Crippen LogP contribution in [0.15, 0.2) is 12.1 Å². The predicted octanol–water partition coefficient (Wildman–Crippen LogP) is 0.889. The van der Waals surface area contributed by atoms with Crippen LogP contribution in [0.2, 0.25) is 0 Å². The van der Waals surface area contributed by atoms with Crippen LogP contribution in [0.25, 0.3) is 0 Å². The van der Waals surface area contributed by atoms with E-state index in [1.54, 1.807) is 12.1 Å². The number of ether oxygens (including phenoxy) is 6. The maximum Gasteiger partial charge on any atom is 0.322 e. The lowest BCUT2D eigenvalue weighted by molar-refractivity contribution is -0.159. The largest absolute Gasteiger partial charge is 0.493 e. The highest BCUT2D eigenvalue weighted by atomic mass is 16.6. The molecule has 0 spiro atoms. The van der Waals surface area contributed by atoms with E-state index < -0.39 is 35.8 Å². The number of benzene rings is 1. The number of carbonyl (C=O) groups is 3. The molecular weight excluding hydrogens is 348 g/mol. The fraction of sp³-hybridized carbons (Fsp3) is 0.471. The second-order valence-electron chi connectivity index (χ2n) is 5.33. The Morgan fingerprint density at radius 3 is 2.00 bits per heavy atom. The van der Waals surface area contributed by atoms with Gasteiger partial charge in [0.15, 0.2) is 17.4 Å². The standard InChI is InChI=1S/C17H20O9/c1-21-9-7-6-8(13(22-2)14(9)23-3)12-10(15(18)24-4)11(16(19)25-5)17(20)26-12/h6-7,10-12H,1-5H3/t10-,11+,12+/m1/s1. The molecule has 1 aromatic rings. The third-order valence-corrected chi connectivity index (χ3v) is 4.15. The average molecular weight is 368 g/mol. The van der Waals surface area contributed by atoms with E-state index in [-0.39, 0.29) is 11.5 Å². The first kappa shape index (κ1) is 19.4. The Labute approximate surface area is 150 Å². The van der Waals surface area contributed by atoms with Gasteiger partial charge in [-0.2, -0.15) is 0 Å². The average Bonchev–Trinajstić information content (AvgIpc) is 3.01. The number of rotatable bonds is 6. The minimum Gasteiger partial charge on any atom is -0.493 e. The Bertz CT molecular complexity index is 712. The Morgan fingerprint density at radius 2 is 1.50 bits per heavy atom. The van der Waals surface area contributed by atoms with Gasteiger partial charge in [0.1, 0.15) is 12.0 Å². The molecule has 0 N–H and O–H groups in total. The molecule has 1 saturated heterocycles. The third kappa shape index (κ3) is 3.12. The summed E-state index contributed by atoms with van der Waals surface area (Å²) in [6.07, 6.45) is -1.12. The molecule has 142 valence electrons. The molecular formula is C17H20O9. The van der Waals surface area contributed by atoms with E-state index in [0.717, 1.165) is 14.2 Å². The van der Waals surface area contributed by atoms with E-state index in [0.29, 0.717) is 11.3 Å². The zero-order chi connectivity index (χ0) is 19.4. The lowest BCUT2D eigenvalue weighted by Crippen LogP contribution is -2.33. The van der Waals surface area contributed by atoms with Crippen LogP contribution in [0.1, 0.15) is 11.7 Å². The summed E-state index contributed by atoms with van der Waals surface area (Å²) < 4.78 is 30.6. The highest BCUT2D eigenvalue weighted by molar-refractivity contribution is 6.01. The zero-order valence-electron chi connectivity index (χ0n) is 15.1. The molecule has 0 aliphatic carbocycles. The molecule has 1 heterocycles. The minimum atomic E-state index is -1.43. The molecule has 0 saturated carbocycles. The Morgan fingerprint density at radius 1 is 0.885 bits per heavy atom.